The Hall–Kier alpha value is -2.60. The van der Waals surface area contributed by atoms with Crippen LogP contribution in [0.1, 0.15) is 23.2 Å². The maximum absolute atomic E-state index is 12.8. The third kappa shape index (κ3) is 7.27. The number of halogens is 2. The van der Waals surface area contributed by atoms with E-state index in [4.69, 9.17) is 16.3 Å². The fourth-order valence-corrected chi connectivity index (χ4v) is 2.45. The molecule has 0 heterocycles. The molecule has 0 unspecified atom stereocenters. The zero-order valence-electron chi connectivity index (χ0n) is 15.1. The van der Waals surface area contributed by atoms with Crippen molar-refractivity contribution in [2.75, 3.05) is 26.7 Å². The molecule has 1 N–H and O–H groups in total. The SMILES string of the molecule is CN(CCCOc1ccc(F)cc1)C(=O)CCNC(=O)c1ccc(Cl)cc1. The lowest BCUT2D eigenvalue weighted by molar-refractivity contribution is -0.129. The molecule has 2 amide bonds. The van der Waals surface area contributed by atoms with Crippen molar-refractivity contribution >= 4 is 23.4 Å². The molecule has 0 aliphatic carbocycles. The fraction of sp³-hybridized carbons (Fsp3) is 0.300. The molecule has 144 valence electrons. The van der Waals surface area contributed by atoms with Crippen molar-refractivity contribution in [3.63, 3.8) is 0 Å². The summed E-state index contributed by atoms with van der Waals surface area (Å²) in [5.41, 5.74) is 0.498. The van der Waals surface area contributed by atoms with Crippen molar-refractivity contribution in [3.05, 3.63) is 64.9 Å². The van der Waals surface area contributed by atoms with Crippen LogP contribution in [0.2, 0.25) is 5.02 Å². The molecule has 0 saturated heterocycles. The number of amides is 2. The van der Waals surface area contributed by atoms with E-state index in [9.17, 15) is 14.0 Å². The molecule has 0 aromatic heterocycles. The summed E-state index contributed by atoms with van der Waals surface area (Å²) in [6.07, 6.45) is 0.866. The fourth-order valence-electron chi connectivity index (χ4n) is 2.32. The Kier molecular flexibility index (Phi) is 8.07. The minimum atomic E-state index is -0.309. The Balaban J connectivity index is 1.61. The van der Waals surface area contributed by atoms with Crippen molar-refractivity contribution in [1.82, 2.24) is 10.2 Å². The molecule has 2 aromatic rings. The number of hydrogen-bond donors (Lipinski definition) is 1. The highest BCUT2D eigenvalue weighted by atomic mass is 35.5. The quantitative estimate of drug-likeness (QED) is 0.664. The molecule has 2 rings (SSSR count). The Morgan fingerprint density at radius 3 is 2.44 bits per heavy atom. The molecule has 0 radical (unpaired) electrons. The topological polar surface area (TPSA) is 58.6 Å². The van der Waals surface area contributed by atoms with E-state index in [-0.39, 0.29) is 30.6 Å². The Morgan fingerprint density at radius 1 is 1.11 bits per heavy atom. The molecule has 0 aliphatic heterocycles. The van der Waals surface area contributed by atoms with E-state index >= 15 is 0 Å². The smallest absolute Gasteiger partial charge is 0.251 e. The predicted molar refractivity (Wildman–Crippen MR) is 103 cm³/mol. The monoisotopic (exact) mass is 392 g/mol. The summed E-state index contributed by atoms with van der Waals surface area (Å²) in [5, 5.41) is 3.27. The van der Waals surface area contributed by atoms with Crippen molar-refractivity contribution in [2.45, 2.75) is 12.8 Å². The van der Waals surface area contributed by atoms with Gasteiger partial charge in [0.05, 0.1) is 6.61 Å². The van der Waals surface area contributed by atoms with Gasteiger partial charge >= 0.3 is 0 Å². The largest absolute Gasteiger partial charge is 0.494 e. The van der Waals surface area contributed by atoms with Crippen molar-refractivity contribution < 1.29 is 18.7 Å². The van der Waals surface area contributed by atoms with Gasteiger partial charge in [-0.15, -0.1) is 0 Å². The van der Waals surface area contributed by atoms with Gasteiger partial charge < -0.3 is 15.0 Å². The highest BCUT2D eigenvalue weighted by molar-refractivity contribution is 6.30. The minimum absolute atomic E-state index is 0.0619. The van der Waals surface area contributed by atoms with Gasteiger partial charge in [-0.25, -0.2) is 4.39 Å². The van der Waals surface area contributed by atoms with Crippen LogP contribution < -0.4 is 10.1 Å². The summed E-state index contributed by atoms with van der Waals surface area (Å²) >= 11 is 5.78. The number of nitrogens with one attached hydrogen (secondary N) is 1. The summed E-state index contributed by atoms with van der Waals surface area (Å²) in [6, 6.07) is 12.3. The highest BCUT2D eigenvalue weighted by Gasteiger charge is 2.10. The van der Waals surface area contributed by atoms with Gasteiger partial charge in [-0.1, -0.05) is 11.6 Å². The van der Waals surface area contributed by atoms with E-state index in [1.807, 2.05) is 0 Å². The first kappa shape index (κ1) is 20.7. The maximum Gasteiger partial charge on any atom is 0.251 e. The molecule has 27 heavy (non-hydrogen) atoms. The van der Waals surface area contributed by atoms with E-state index in [1.165, 1.54) is 12.1 Å². The summed E-state index contributed by atoms with van der Waals surface area (Å²) in [5.74, 6) is -0.0193. The zero-order valence-corrected chi connectivity index (χ0v) is 15.8. The number of carbonyl (C=O) groups excluding carboxylic acids is 2. The van der Waals surface area contributed by atoms with E-state index < -0.39 is 0 Å². The zero-order chi connectivity index (χ0) is 19.6. The van der Waals surface area contributed by atoms with Crippen LogP contribution in [0, 0.1) is 5.82 Å². The van der Waals surface area contributed by atoms with E-state index in [1.54, 1.807) is 48.3 Å². The van der Waals surface area contributed by atoms with E-state index in [2.05, 4.69) is 5.32 Å². The lowest BCUT2D eigenvalue weighted by atomic mass is 10.2. The van der Waals surface area contributed by atoms with Crippen LogP contribution in [0.15, 0.2) is 48.5 Å². The average Bonchev–Trinajstić information content (AvgIpc) is 2.66. The summed E-state index contributed by atoms with van der Waals surface area (Å²) in [7, 11) is 1.71. The minimum Gasteiger partial charge on any atom is -0.494 e. The number of hydrogen-bond acceptors (Lipinski definition) is 3. The van der Waals surface area contributed by atoms with Crippen LogP contribution in [-0.4, -0.2) is 43.5 Å². The molecule has 0 saturated carbocycles. The van der Waals surface area contributed by atoms with Crippen molar-refractivity contribution in [3.8, 4) is 5.75 Å². The number of nitrogens with zero attached hydrogens (tertiary/aromatic N) is 1. The lowest BCUT2D eigenvalue weighted by Gasteiger charge is -2.17. The average molecular weight is 393 g/mol. The number of carbonyl (C=O) groups is 2. The maximum atomic E-state index is 12.8. The number of benzene rings is 2. The van der Waals surface area contributed by atoms with Crippen molar-refractivity contribution in [1.29, 1.82) is 0 Å². The molecule has 0 aliphatic rings. The van der Waals surface area contributed by atoms with Gasteiger partial charge in [0.15, 0.2) is 0 Å². The third-order valence-corrected chi connectivity index (χ3v) is 4.13. The second-order valence-electron chi connectivity index (χ2n) is 5.98. The summed E-state index contributed by atoms with van der Waals surface area (Å²) in [6.45, 7) is 1.22. The second-order valence-corrected chi connectivity index (χ2v) is 6.42. The molecule has 0 bridgehead atoms. The molecule has 0 atom stereocenters. The first-order chi connectivity index (χ1) is 13.0. The van der Waals surface area contributed by atoms with Crippen LogP contribution in [0.25, 0.3) is 0 Å². The predicted octanol–water partition coefficient (Wildman–Crippen LogP) is 3.53. The van der Waals surface area contributed by atoms with Gasteiger partial charge in [-0.2, -0.15) is 0 Å². The number of ether oxygens (including phenoxy) is 1. The Morgan fingerprint density at radius 2 is 1.78 bits per heavy atom. The first-order valence-corrected chi connectivity index (χ1v) is 8.99. The van der Waals surface area contributed by atoms with Gasteiger partial charge in [0, 0.05) is 37.1 Å². The molecule has 7 heteroatoms. The van der Waals surface area contributed by atoms with E-state index in [0.29, 0.717) is 35.9 Å². The van der Waals surface area contributed by atoms with Crippen LogP contribution in [0.3, 0.4) is 0 Å². The van der Waals surface area contributed by atoms with E-state index in [0.717, 1.165) is 0 Å². The molecule has 2 aromatic carbocycles. The van der Waals surface area contributed by atoms with Crippen LogP contribution in [-0.2, 0) is 4.79 Å². The molecular formula is C20H22ClFN2O3. The highest BCUT2D eigenvalue weighted by Crippen LogP contribution is 2.11. The molecular weight excluding hydrogens is 371 g/mol. The van der Waals surface area contributed by atoms with Gasteiger partial charge in [-0.3, -0.25) is 9.59 Å². The standard InChI is InChI=1S/C20H22ClFN2O3/c1-24(13-2-14-27-18-9-7-17(22)8-10-18)19(25)11-12-23-20(26)15-3-5-16(21)6-4-15/h3-10H,2,11-14H2,1H3,(H,23,26). The normalized spacial score (nSPS) is 10.3. The first-order valence-electron chi connectivity index (χ1n) is 8.62. The molecule has 0 spiro atoms. The van der Waals surface area contributed by atoms with Gasteiger partial charge in [0.2, 0.25) is 5.91 Å². The third-order valence-electron chi connectivity index (χ3n) is 3.88. The van der Waals surface area contributed by atoms with Gasteiger partial charge in [0.25, 0.3) is 5.91 Å². The summed E-state index contributed by atoms with van der Waals surface area (Å²) < 4.78 is 18.3. The summed E-state index contributed by atoms with van der Waals surface area (Å²) in [4.78, 5) is 25.6. The van der Waals surface area contributed by atoms with Crippen LogP contribution in [0.4, 0.5) is 4.39 Å². The van der Waals surface area contributed by atoms with Crippen molar-refractivity contribution in [2.24, 2.45) is 0 Å². The Labute approximate surface area is 163 Å². The Bertz CT molecular complexity index is 751. The van der Waals surface area contributed by atoms with Crippen LogP contribution in [0.5, 0.6) is 5.75 Å². The van der Waals surface area contributed by atoms with Crippen LogP contribution >= 0.6 is 11.6 Å². The molecule has 5 nitrogen and oxygen atoms in total. The number of rotatable bonds is 9. The molecule has 0 fully saturated rings. The second kappa shape index (κ2) is 10.5. The lowest BCUT2D eigenvalue weighted by Crippen LogP contribution is -2.33. The van der Waals surface area contributed by atoms with Gasteiger partial charge in [0.1, 0.15) is 11.6 Å². The van der Waals surface area contributed by atoms with Gasteiger partial charge in [-0.05, 0) is 55.0 Å².